The Morgan fingerprint density at radius 3 is 2.76 bits per heavy atom. The lowest BCUT2D eigenvalue weighted by molar-refractivity contribution is 0.607. The quantitative estimate of drug-likeness (QED) is 0.783. The molecule has 1 aliphatic heterocycles. The van der Waals surface area contributed by atoms with Gasteiger partial charge in [0.05, 0.1) is 17.3 Å². The maximum Gasteiger partial charge on any atom is 0.229 e. The molecule has 0 atom stereocenters. The van der Waals surface area contributed by atoms with Crippen molar-refractivity contribution in [2.45, 2.75) is 6.42 Å². The number of likely N-dealkylation sites (N-methyl/N-ethyl adjacent to an activating group) is 1. The fraction of sp³-hybridized carbons (Fsp3) is 0.278. The van der Waals surface area contributed by atoms with E-state index in [0.717, 1.165) is 41.4 Å². The first-order valence-corrected chi connectivity index (χ1v) is 9.99. The third-order valence-electron chi connectivity index (χ3n) is 4.68. The van der Waals surface area contributed by atoms with Crippen molar-refractivity contribution < 1.29 is 8.42 Å². The number of nitrogens with one attached hydrogen (secondary N) is 1. The average molecular weight is 356 g/mol. The lowest BCUT2D eigenvalue weighted by Crippen LogP contribution is -2.12. The number of hydrogen-bond acceptors (Lipinski definition) is 4. The second kappa shape index (κ2) is 5.49. The Morgan fingerprint density at radius 2 is 2.00 bits per heavy atom. The second-order valence-electron chi connectivity index (χ2n) is 6.60. The number of nitrogens with zero attached hydrogens (tertiary/aromatic N) is 3. The van der Waals surface area contributed by atoms with Crippen LogP contribution < -0.4 is 9.62 Å². The molecule has 4 rings (SSSR count). The zero-order chi connectivity index (χ0) is 17.8. The number of fused-ring (bicyclic) bond motifs is 2. The van der Waals surface area contributed by atoms with E-state index in [1.54, 1.807) is 12.3 Å². The Morgan fingerprint density at radius 1 is 1.20 bits per heavy atom. The molecule has 2 aromatic heterocycles. The molecule has 3 heterocycles. The van der Waals surface area contributed by atoms with Gasteiger partial charge in [0.2, 0.25) is 10.0 Å². The summed E-state index contributed by atoms with van der Waals surface area (Å²) in [5.41, 5.74) is 5.91. The molecule has 0 fully saturated rings. The van der Waals surface area contributed by atoms with E-state index in [0.29, 0.717) is 5.69 Å². The van der Waals surface area contributed by atoms with Crippen molar-refractivity contribution in [3.05, 3.63) is 42.2 Å². The van der Waals surface area contributed by atoms with E-state index in [1.165, 1.54) is 11.3 Å². The van der Waals surface area contributed by atoms with Crippen molar-refractivity contribution in [1.29, 1.82) is 0 Å². The smallest absolute Gasteiger partial charge is 0.229 e. The van der Waals surface area contributed by atoms with Gasteiger partial charge >= 0.3 is 0 Å². The minimum absolute atomic E-state index is 0.553. The summed E-state index contributed by atoms with van der Waals surface area (Å²) in [7, 11) is 0.641. The minimum atomic E-state index is -3.37. The van der Waals surface area contributed by atoms with Crippen molar-refractivity contribution in [1.82, 2.24) is 9.55 Å². The van der Waals surface area contributed by atoms with E-state index >= 15 is 0 Å². The average Bonchev–Trinajstić information content (AvgIpc) is 3.08. The molecule has 0 amide bonds. The van der Waals surface area contributed by atoms with Crippen LogP contribution in [0.2, 0.25) is 0 Å². The van der Waals surface area contributed by atoms with Gasteiger partial charge in [-0.05, 0) is 29.7 Å². The Bertz CT molecular complexity index is 1090. The first-order chi connectivity index (χ1) is 11.8. The van der Waals surface area contributed by atoms with E-state index in [4.69, 9.17) is 0 Å². The Kier molecular flexibility index (Phi) is 3.50. The maximum atomic E-state index is 11.8. The molecular weight excluding hydrogens is 336 g/mol. The lowest BCUT2D eigenvalue weighted by Gasteiger charge is -2.13. The van der Waals surface area contributed by atoms with Gasteiger partial charge in [0.25, 0.3) is 0 Å². The van der Waals surface area contributed by atoms with Gasteiger partial charge in [0, 0.05) is 44.3 Å². The van der Waals surface area contributed by atoms with Crippen LogP contribution >= 0.6 is 0 Å². The van der Waals surface area contributed by atoms with Crippen LogP contribution in [0.5, 0.6) is 0 Å². The molecule has 0 spiro atoms. The number of aryl methyl sites for hydroxylation is 1. The standard InChI is InChI=1S/C18H20N4O2S/c1-21-9-7-12-4-5-13(10-16(12)21)14-11-22(2)18-17(14)15(6-8-19-18)20-25(3,23)24/h4-6,8,10-11H,7,9H2,1-3H3,(H,19,20). The van der Waals surface area contributed by atoms with Crippen LogP contribution in [0.3, 0.4) is 0 Å². The minimum Gasteiger partial charge on any atom is -0.374 e. The van der Waals surface area contributed by atoms with Crippen LogP contribution in [0, 0.1) is 0 Å². The summed E-state index contributed by atoms with van der Waals surface area (Å²) < 4.78 is 28.0. The Balaban J connectivity index is 1.95. The van der Waals surface area contributed by atoms with E-state index < -0.39 is 10.0 Å². The molecule has 25 heavy (non-hydrogen) atoms. The zero-order valence-electron chi connectivity index (χ0n) is 14.4. The number of hydrogen-bond donors (Lipinski definition) is 1. The second-order valence-corrected chi connectivity index (χ2v) is 8.35. The molecule has 0 aliphatic carbocycles. The van der Waals surface area contributed by atoms with Gasteiger partial charge in [-0.3, -0.25) is 4.72 Å². The number of benzene rings is 1. The highest BCUT2D eigenvalue weighted by molar-refractivity contribution is 7.92. The number of sulfonamides is 1. The third kappa shape index (κ3) is 2.74. The lowest BCUT2D eigenvalue weighted by atomic mass is 10.0. The summed E-state index contributed by atoms with van der Waals surface area (Å²) >= 11 is 0. The Hall–Kier alpha value is -2.54. The van der Waals surface area contributed by atoms with Crippen LogP contribution in [-0.2, 0) is 23.5 Å². The topological polar surface area (TPSA) is 67.2 Å². The highest BCUT2D eigenvalue weighted by atomic mass is 32.2. The summed E-state index contributed by atoms with van der Waals surface area (Å²) in [4.78, 5) is 6.67. The summed E-state index contributed by atoms with van der Waals surface area (Å²) in [6.07, 6.45) is 5.84. The molecule has 0 bridgehead atoms. The highest BCUT2D eigenvalue weighted by Crippen LogP contribution is 2.38. The number of pyridine rings is 1. The molecule has 0 saturated heterocycles. The van der Waals surface area contributed by atoms with Crippen molar-refractivity contribution >= 4 is 32.4 Å². The zero-order valence-corrected chi connectivity index (χ0v) is 15.3. The van der Waals surface area contributed by atoms with Gasteiger partial charge in [-0.1, -0.05) is 12.1 Å². The van der Waals surface area contributed by atoms with Crippen LogP contribution in [-0.4, -0.2) is 37.8 Å². The van der Waals surface area contributed by atoms with Crippen LogP contribution in [0.25, 0.3) is 22.2 Å². The van der Waals surface area contributed by atoms with E-state index in [2.05, 4.69) is 39.9 Å². The molecule has 130 valence electrons. The van der Waals surface area contributed by atoms with Gasteiger partial charge in [-0.2, -0.15) is 0 Å². The summed E-state index contributed by atoms with van der Waals surface area (Å²) in [5, 5.41) is 0.816. The molecule has 7 heteroatoms. The molecule has 0 radical (unpaired) electrons. The van der Waals surface area contributed by atoms with Crippen molar-refractivity contribution in [3.63, 3.8) is 0 Å². The van der Waals surface area contributed by atoms with Gasteiger partial charge in [0.15, 0.2) is 0 Å². The molecule has 1 aromatic carbocycles. The predicted octanol–water partition coefficient (Wildman–Crippen LogP) is 2.60. The highest BCUT2D eigenvalue weighted by Gasteiger charge is 2.19. The van der Waals surface area contributed by atoms with Gasteiger partial charge in [0.1, 0.15) is 5.65 Å². The van der Waals surface area contributed by atoms with Gasteiger partial charge in [-0.15, -0.1) is 0 Å². The molecule has 3 aromatic rings. The molecule has 1 aliphatic rings. The largest absolute Gasteiger partial charge is 0.374 e. The molecule has 0 unspecified atom stereocenters. The van der Waals surface area contributed by atoms with Crippen LogP contribution in [0.4, 0.5) is 11.4 Å². The van der Waals surface area contributed by atoms with Gasteiger partial charge < -0.3 is 9.47 Å². The molecule has 1 N–H and O–H groups in total. The van der Waals surface area contributed by atoms with Crippen molar-refractivity contribution in [2.24, 2.45) is 7.05 Å². The van der Waals surface area contributed by atoms with Crippen molar-refractivity contribution in [3.8, 4) is 11.1 Å². The first kappa shape index (κ1) is 16.0. The number of anilines is 2. The fourth-order valence-electron chi connectivity index (χ4n) is 3.51. The van der Waals surface area contributed by atoms with Crippen molar-refractivity contribution in [2.75, 3.05) is 29.5 Å². The fourth-order valence-corrected chi connectivity index (χ4v) is 4.08. The molecule has 0 saturated carbocycles. The third-order valence-corrected chi connectivity index (χ3v) is 5.27. The summed E-state index contributed by atoms with van der Waals surface area (Å²) in [6.45, 7) is 1.02. The van der Waals surface area contributed by atoms with E-state index in [-0.39, 0.29) is 0 Å². The summed E-state index contributed by atoms with van der Waals surface area (Å²) in [5.74, 6) is 0. The molecular formula is C18H20N4O2S. The summed E-state index contributed by atoms with van der Waals surface area (Å²) in [6, 6.07) is 8.14. The SMILES string of the molecule is CN1CCc2ccc(-c3cn(C)c4nccc(NS(C)(=O)=O)c34)cc21. The first-order valence-electron chi connectivity index (χ1n) is 8.10. The van der Waals surface area contributed by atoms with Gasteiger partial charge in [-0.25, -0.2) is 13.4 Å². The Labute approximate surface area is 147 Å². The predicted molar refractivity (Wildman–Crippen MR) is 102 cm³/mol. The van der Waals surface area contributed by atoms with E-state index in [9.17, 15) is 8.42 Å². The van der Waals surface area contributed by atoms with E-state index in [1.807, 2.05) is 17.8 Å². The van der Waals surface area contributed by atoms with Crippen LogP contribution in [0.1, 0.15) is 5.56 Å². The molecule has 6 nitrogen and oxygen atoms in total. The number of rotatable bonds is 3. The monoisotopic (exact) mass is 356 g/mol. The number of aromatic nitrogens is 2. The maximum absolute atomic E-state index is 11.8. The normalized spacial score (nSPS) is 14.1. The van der Waals surface area contributed by atoms with Crippen LogP contribution in [0.15, 0.2) is 36.7 Å².